The zero-order valence-corrected chi connectivity index (χ0v) is 20.9. The molecule has 152 valence electrons. The van der Waals surface area contributed by atoms with E-state index in [9.17, 15) is 0 Å². The first kappa shape index (κ1) is 23.1. The van der Waals surface area contributed by atoms with Crippen molar-refractivity contribution in [2.24, 2.45) is 0 Å². The van der Waals surface area contributed by atoms with Gasteiger partial charge in [0.2, 0.25) is 0 Å². The minimum absolute atomic E-state index is 0.543. The number of rotatable bonds is 13. The van der Waals surface area contributed by atoms with Gasteiger partial charge in [-0.1, -0.05) is 0 Å². The van der Waals surface area contributed by atoms with Gasteiger partial charge in [0.15, 0.2) is 0 Å². The van der Waals surface area contributed by atoms with Gasteiger partial charge in [-0.05, 0) is 0 Å². The fourth-order valence-corrected chi connectivity index (χ4v) is 8.65. The molecule has 0 aliphatic rings. The molecule has 0 spiro atoms. The summed E-state index contributed by atoms with van der Waals surface area (Å²) >= 11 is -0.838. The molecule has 0 fully saturated rings. The fraction of sp³-hybridized carbons (Fsp3) is 0.609. The predicted octanol–water partition coefficient (Wildman–Crippen LogP) is 5.98. The van der Waals surface area contributed by atoms with E-state index in [1.54, 1.807) is 0 Å². The molecule has 2 radical (unpaired) electrons. The van der Waals surface area contributed by atoms with Crippen molar-refractivity contribution in [1.29, 1.82) is 0 Å². The van der Waals surface area contributed by atoms with Gasteiger partial charge in [-0.15, -0.1) is 0 Å². The van der Waals surface area contributed by atoms with E-state index in [4.69, 9.17) is 4.98 Å². The number of nitrogens with zero attached hydrogens (tertiary/aromatic N) is 3. The van der Waals surface area contributed by atoms with Gasteiger partial charge in [-0.2, -0.15) is 0 Å². The number of aryl methyl sites for hydroxylation is 1. The van der Waals surface area contributed by atoms with Gasteiger partial charge in [-0.3, -0.25) is 0 Å². The summed E-state index contributed by atoms with van der Waals surface area (Å²) in [7, 11) is 0. The topological polar surface area (TPSA) is 50.7 Å². The Morgan fingerprint density at radius 2 is 1.54 bits per heavy atom. The summed E-state index contributed by atoms with van der Waals surface area (Å²) in [6, 6.07) is 6.15. The minimum atomic E-state index is -0.838. The third kappa shape index (κ3) is 7.34. The molecule has 0 aliphatic carbocycles. The van der Waals surface area contributed by atoms with E-state index >= 15 is 0 Å². The van der Waals surface area contributed by atoms with Crippen LogP contribution in [-0.2, 0) is 0 Å². The Balaban J connectivity index is 2.20. The summed E-state index contributed by atoms with van der Waals surface area (Å²) in [4.78, 5) is 13.8. The third-order valence-corrected chi connectivity index (χ3v) is 10.5. The van der Waals surface area contributed by atoms with Gasteiger partial charge in [-0.25, -0.2) is 0 Å². The van der Waals surface area contributed by atoms with E-state index in [1.165, 1.54) is 61.5 Å². The van der Waals surface area contributed by atoms with Gasteiger partial charge >= 0.3 is 182 Å². The summed E-state index contributed by atoms with van der Waals surface area (Å²) in [5.41, 5.74) is 1.96. The van der Waals surface area contributed by atoms with Crippen molar-refractivity contribution in [2.75, 3.05) is 5.32 Å². The first-order valence-corrected chi connectivity index (χ1v) is 13.8. The van der Waals surface area contributed by atoms with Crippen molar-refractivity contribution < 1.29 is 0 Å². The monoisotopic (exact) mass is 488 g/mol. The molecule has 2 heterocycles. The van der Waals surface area contributed by atoms with Gasteiger partial charge in [0.25, 0.3) is 0 Å². The molecule has 0 bridgehead atoms. The molecule has 4 nitrogen and oxygen atoms in total. The van der Waals surface area contributed by atoms with Gasteiger partial charge < -0.3 is 0 Å². The van der Waals surface area contributed by atoms with Crippen LogP contribution in [0.4, 0.5) is 11.6 Å². The average molecular weight is 487 g/mol. The molecule has 0 aliphatic heterocycles. The summed E-state index contributed by atoms with van der Waals surface area (Å²) in [5.74, 6) is 0.713. The van der Waals surface area contributed by atoms with Crippen molar-refractivity contribution in [3.63, 3.8) is 0 Å². The standard InChI is InChI=1S/C13H27.C10H9N4.Sn/c1-4-7-10-13(11-8-5-2)12-9-6-3;1-8-9(4-2-5-11-8)14-10-12-6-3-7-13-10;/h4-12H2,1-3H3;2-6H,1H3,(H,12,13,14);. The van der Waals surface area contributed by atoms with Crippen molar-refractivity contribution in [3.05, 3.63) is 36.3 Å². The number of aromatic nitrogens is 3. The Hall–Kier alpha value is -1.17. The van der Waals surface area contributed by atoms with Crippen LogP contribution < -0.4 is 9.03 Å². The van der Waals surface area contributed by atoms with Crippen LogP contribution in [0.1, 0.15) is 84.3 Å². The van der Waals surface area contributed by atoms with E-state index in [-0.39, 0.29) is 0 Å². The quantitative estimate of drug-likeness (QED) is 0.353. The Morgan fingerprint density at radius 1 is 0.893 bits per heavy atom. The van der Waals surface area contributed by atoms with Crippen LogP contribution in [-0.4, -0.2) is 36.1 Å². The van der Waals surface area contributed by atoms with Crippen LogP contribution in [0.2, 0.25) is 3.43 Å². The second-order valence-electron chi connectivity index (χ2n) is 7.74. The molecule has 28 heavy (non-hydrogen) atoms. The van der Waals surface area contributed by atoms with Crippen LogP contribution in [0.25, 0.3) is 0 Å². The number of pyridine rings is 1. The maximum absolute atomic E-state index is 4.94. The summed E-state index contributed by atoms with van der Waals surface area (Å²) in [5, 5.41) is 3.37. The zero-order chi connectivity index (χ0) is 20.2. The molecule has 2 aromatic rings. The number of anilines is 2. The number of nitrogens with one attached hydrogen (secondary N) is 1. The molecule has 1 N–H and O–H groups in total. The fourth-order valence-electron chi connectivity index (χ4n) is 3.61. The van der Waals surface area contributed by atoms with Crippen LogP contribution >= 0.6 is 0 Å². The van der Waals surface area contributed by atoms with Gasteiger partial charge in [0.05, 0.1) is 0 Å². The van der Waals surface area contributed by atoms with Crippen LogP contribution in [0, 0.1) is 6.92 Å². The number of hydrogen-bond acceptors (Lipinski definition) is 4. The van der Waals surface area contributed by atoms with Gasteiger partial charge in [0, 0.05) is 0 Å². The Labute approximate surface area is 181 Å². The third-order valence-electron chi connectivity index (χ3n) is 5.33. The number of hydrogen-bond donors (Lipinski definition) is 1. The van der Waals surface area contributed by atoms with Crippen LogP contribution in [0.15, 0.2) is 30.6 Å². The zero-order valence-electron chi connectivity index (χ0n) is 18.1. The molecule has 2 rings (SSSR count). The van der Waals surface area contributed by atoms with Crippen molar-refractivity contribution >= 4 is 36.5 Å². The molecule has 2 aromatic heterocycles. The number of unbranched alkanes of at least 4 members (excludes halogenated alkanes) is 3. The summed E-state index contributed by atoms with van der Waals surface area (Å²) in [6.45, 7) is 8.96. The van der Waals surface area contributed by atoms with Gasteiger partial charge in [0.1, 0.15) is 0 Å². The van der Waals surface area contributed by atoms with E-state index in [2.05, 4.69) is 42.1 Å². The molecule has 5 heteroatoms. The SMILES string of the molecule is CCCC[C](CCCC)(CCCC)[Sn][c]1ccnc(Nc2cccnc2C)n1. The Morgan fingerprint density at radius 3 is 2.11 bits per heavy atom. The van der Waals surface area contributed by atoms with Crippen LogP contribution in [0.5, 0.6) is 0 Å². The van der Waals surface area contributed by atoms with Crippen molar-refractivity contribution in [3.8, 4) is 0 Å². The molecule has 0 amide bonds. The second kappa shape index (κ2) is 12.4. The summed E-state index contributed by atoms with van der Waals surface area (Å²) < 4.78 is 1.87. The van der Waals surface area contributed by atoms with Crippen molar-refractivity contribution in [1.82, 2.24) is 15.0 Å². The average Bonchev–Trinajstić information content (AvgIpc) is 2.71. The molecule has 0 unspecified atom stereocenters. The maximum atomic E-state index is 4.94. The molecular formula is C23H36N4Sn. The van der Waals surface area contributed by atoms with E-state index in [1.807, 2.05) is 31.5 Å². The molecule has 0 saturated carbocycles. The Kier molecular flexibility index (Phi) is 10.2. The molecule has 0 saturated heterocycles. The normalized spacial score (nSPS) is 11.6. The van der Waals surface area contributed by atoms with E-state index in [0.29, 0.717) is 9.38 Å². The Bertz CT molecular complexity index is 683. The molecular weight excluding hydrogens is 451 g/mol. The second-order valence-corrected chi connectivity index (χ2v) is 12.9. The molecule has 0 atom stereocenters. The van der Waals surface area contributed by atoms with Crippen molar-refractivity contribution in [2.45, 2.75) is 88.9 Å². The van der Waals surface area contributed by atoms with E-state index in [0.717, 1.165) is 11.4 Å². The molecule has 0 aromatic carbocycles. The first-order chi connectivity index (χ1) is 13.6. The summed E-state index contributed by atoms with van der Waals surface area (Å²) in [6.07, 6.45) is 15.8. The van der Waals surface area contributed by atoms with Crippen LogP contribution in [0.3, 0.4) is 0 Å². The first-order valence-electron chi connectivity index (χ1n) is 10.9. The predicted molar refractivity (Wildman–Crippen MR) is 121 cm³/mol. The van der Waals surface area contributed by atoms with E-state index < -0.39 is 21.1 Å².